The van der Waals surface area contributed by atoms with Gasteiger partial charge in [0.15, 0.2) is 11.5 Å². The number of nitrogens with one attached hydrogen (secondary N) is 1. The number of hydrogen-bond acceptors (Lipinski definition) is 3. The molecule has 0 atom stereocenters. The van der Waals surface area contributed by atoms with Gasteiger partial charge >= 0.3 is 0 Å². The average Bonchev–Trinajstić information content (AvgIpc) is 2.56. The van der Waals surface area contributed by atoms with Crippen LogP contribution in [0.15, 0.2) is 42.5 Å². The largest absolute Gasteiger partial charge is 0.493 e. The highest BCUT2D eigenvalue weighted by molar-refractivity contribution is 5.76. The molecule has 0 aliphatic heterocycles. The Morgan fingerprint density at radius 3 is 2.61 bits per heavy atom. The van der Waals surface area contributed by atoms with E-state index in [-0.39, 0.29) is 24.8 Å². The molecule has 23 heavy (non-hydrogen) atoms. The van der Waals surface area contributed by atoms with Crippen LogP contribution in [0, 0.1) is 12.7 Å². The van der Waals surface area contributed by atoms with Gasteiger partial charge in [0.25, 0.3) is 0 Å². The number of halogens is 1. The Labute approximate surface area is 135 Å². The number of methoxy groups -OCH3 is 1. The summed E-state index contributed by atoms with van der Waals surface area (Å²) in [6.07, 6.45) is 0.215. The van der Waals surface area contributed by atoms with Crippen LogP contribution in [0.4, 0.5) is 4.39 Å². The van der Waals surface area contributed by atoms with Crippen molar-refractivity contribution in [2.24, 2.45) is 0 Å². The number of carbonyl (C=O) groups excluding carboxylic acids is 1. The van der Waals surface area contributed by atoms with Gasteiger partial charge in [0, 0.05) is 6.54 Å². The number of para-hydroxylation sites is 2. The fraction of sp³-hybridized carbons (Fsp3) is 0.278. The second kappa shape index (κ2) is 8.17. The van der Waals surface area contributed by atoms with Crippen LogP contribution in [0.3, 0.4) is 0 Å². The van der Waals surface area contributed by atoms with E-state index in [0.29, 0.717) is 23.6 Å². The average molecular weight is 317 g/mol. The molecule has 0 heterocycles. The van der Waals surface area contributed by atoms with E-state index in [4.69, 9.17) is 9.47 Å². The Morgan fingerprint density at radius 2 is 1.91 bits per heavy atom. The maximum absolute atomic E-state index is 13.4. The molecular formula is C18H20FNO3. The van der Waals surface area contributed by atoms with Gasteiger partial charge in [-0.2, -0.15) is 0 Å². The van der Waals surface area contributed by atoms with Crippen LogP contribution in [0.1, 0.15) is 17.5 Å². The maximum Gasteiger partial charge on any atom is 0.223 e. The lowest BCUT2D eigenvalue weighted by molar-refractivity contribution is -0.121. The van der Waals surface area contributed by atoms with Gasteiger partial charge in [-0.05, 0) is 36.2 Å². The molecular weight excluding hydrogens is 297 g/mol. The van der Waals surface area contributed by atoms with Crippen molar-refractivity contribution in [3.05, 3.63) is 59.4 Å². The molecule has 2 aromatic rings. The third kappa shape index (κ3) is 4.98. The van der Waals surface area contributed by atoms with E-state index in [1.54, 1.807) is 38.3 Å². The number of benzene rings is 2. The van der Waals surface area contributed by atoms with E-state index in [0.717, 1.165) is 5.56 Å². The molecule has 5 heteroatoms. The first-order chi connectivity index (χ1) is 11.1. The monoisotopic (exact) mass is 317 g/mol. The van der Waals surface area contributed by atoms with Crippen molar-refractivity contribution in [3.63, 3.8) is 0 Å². The second-order valence-electron chi connectivity index (χ2n) is 5.11. The Balaban J connectivity index is 1.76. The first kappa shape index (κ1) is 16.8. The molecule has 0 spiro atoms. The maximum atomic E-state index is 13.4. The third-order valence-electron chi connectivity index (χ3n) is 3.38. The summed E-state index contributed by atoms with van der Waals surface area (Å²) in [5.74, 6) is 0.809. The molecule has 0 bridgehead atoms. The summed E-state index contributed by atoms with van der Waals surface area (Å²) in [6.45, 7) is 2.24. The summed E-state index contributed by atoms with van der Waals surface area (Å²) in [5, 5.41) is 2.74. The first-order valence-corrected chi connectivity index (χ1v) is 7.37. The summed E-state index contributed by atoms with van der Waals surface area (Å²) >= 11 is 0. The van der Waals surface area contributed by atoms with Crippen LogP contribution in [-0.2, 0) is 11.3 Å². The van der Waals surface area contributed by atoms with Crippen LogP contribution in [-0.4, -0.2) is 19.6 Å². The zero-order valence-corrected chi connectivity index (χ0v) is 13.3. The zero-order valence-electron chi connectivity index (χ0n) is 13.3. The summed E-state index contributed by atoms with van der Waals surface area (Å²) in [5.41, 5.74) is 1.32. The number of ether oxygens (including phenoxy) is 2. The summed E-state index contributed by atoms with van der Waals surface area (Å²) in [6, 6.07) is 12.2. The fourth-order valence-electron chi connectivity index (χ4n) is 2.03. The van der Waals surface area contributed by atoms with E-state index in [2.05, 4.69) is 5.32 Å². The Kier molecular flexibility index (Phi) is 5.97. The molecule has 4 nitrogen and oxygen atoms in total. The topological polar surface area (TPSA) is 47.6 Å². The number of hydrogen-bond donors (Lipinski definition) is 1. The normalized spacial score (nSPS) is 10.2. The molecule has 0 aliphatic carbocycles. The number of rotatable bonds is 7. The molecule has 0 saturated carbocycles. The lowest BCUT2D eigenvalue weighted by Gasteiger charge is -2.10. The van der Waals surface area contributed by atoms with Crippen LogP contribution in [0.2, 0.25) is 0 Å². The number of carbonyl (C=O) groups is 1. The summed E-state index contributed by atoms with van der Waals surface area (Å²) in [4.78, 5) is 11.8. The second-order valence-corrected chi connectivity index (χ2v) is 5.11. The minimum atomic E-state index is -0.267. The fourth-order valence-corrected chi connectivity index (χ4v) is 2.03. The molecule has 1 N–H and O–H groups in total. The van der Waals surface area contributed by atoms with Crippen molar-refractivity contribution >= 4 is 5.91 Å². The Bertz CT molecular complexity index is 673. The molecule has 122 valence electrons. The molecule has 2 aromatic carbocycles. The molecule has 0 fully saturated rings. The SMILES string of the molecule is COc1ccccc1OCCC(=O)NCc1ccc(C)c(F)c1. The van der Waals surface area contributed by atoms with E-state index in [1.165, 1.54) is 6.07 Å². The molecule has 0 aromatic heterocycles. The quantitative estimate of drug-likeness (QED) is 0.853. The number of aryl methyl sites for hydroxylation is 1. The molecule has 1 amide bonds. The number of amides is 1. The minimum Gasteiger partial charge on any atom is -0.493 e. The van der Waals surface area contributed by atoms with E-state index in [1.807, 2.05) is 12.1 Å². The Morgan fingerprint density at radius 1 is 1.17 bits per heavy atom. The molecule has 0 saturated heterocycles. The highest BCUT2D eigenvalue weighted by Crippen LogP contribution is 2.25. The predicted molar refractivity (Wildman–Crippen MR) is 86.1 cm³/mol. The predicted octanol–water partition coefficient (Wildman–Crippen LogP) is 3.23. The molecule has 2 rings (SSSR count). The lowest BCUT2D eigenvalue weighted by Crippen LogP contribution is -2.24. The van der Waals surface area contributed by atoms with Crippen molar-refractivity contribution in [1.29, 1.82) is 0 Å². The van der Waals surface area contributed by atoms with Gasteiger partial charge in [-0.3, -0.25) is 4.79 Å². The van der Waals surface area contributed by atoms with Crippen molar-refractivity contribution < 1.29 is 18.7 Å². The summed E-state index contributed by atoms with van der Waals surface area (Å²) < 4.78 is 24.1. The van der Waals surface area contributed by atoms with Gasteiger partial charge in [0.2, 0.25) is 5.91 Å². The van der Waals surface area contributed by atoms with Crippen LogP contribution < -0.4 is 14.8 Å². The molecule has 0 aliphatic rings. The van der Waals surface area contributed by atoms with Crippen molar-refractivity contribution in [3.8, 4) is 11.5 Å². The van der Waals surface area contributed by atoms with Crippen molar-refractivity contribution in [2.75, 3.05) is 13.7 Å². The van der Waals surface area contributed by atoms with Crippen LogP contribution >= 0.6 is 0 Å². The van der Waals surface area contributed by atoms with Gasteiger partial charge in [-0.25, -0.2) is 4.39 Å². The van der Waals surface area contributed by atoms with Crippen LogP contribution in [0.5, 0.6) is 11.5 Å². The lowest BCUT2D eigenvalue weighted by atomic mass is 10.1. The van der Waals surface area contributed by atoms with Gasteiger partial charge in [0.05, 0.1) is 20.1 Å². The first-order valence-electron chi connectivity index (χ1n) is 7.37. The van der Waals surface area contributed by atoms with Gasteiger partial charge in [-0.1, -0.05) is 24.3 Å². The third-order valence-corrected chi connectivity index (χ3v) is 3.38. The van der Waals surface area contributed by atoms with E-state index in [9.17, 15) is 9.18 Å². The Hall–Kier alpha value is -2.56. The molecule has 0 unspecified atom stereocenters. The van der Waals surface area contributed by atoms with Gasteiger partial charge in [-0.15, -0.1) is 0 Å². The summed E-state index contributed by atoms with van der Waals surface area (Å²) in [7, 11) is 1.57. The highest BCUT2D eigenvalue weighted by atomic mass is 19.1. The van der Waals surface area contributed by atoms with Crippen molar-refractivity contribution in [1.82, 2.24) is 5.32 Å². The van der Waals surface area contributed by atoms with Gasteiger partial charge in [0.1, 0.15) is 5.82 Å². The standard InChI is InChI=1S/C18H20FNO3/c1-13-7-8-14(11-15(13)19)12-20-18(21)9-10-23-17-6-4-3-5-16(17)22-2/h3-8,11H,9-10,12H2,1-2H3,(H,20,21). The van der Waals surface area contributed by atoms with Gasteiger partial charge < -0.3 is 14.8 Å². The highest BCUT2D eigenvalue weighted by Gasteiger charge is 2.06. The van der Waals surface area contributed by atoms with E-state index < -0.39 is 0 Å². The zero-order chi connectivity index (χ0) is 16.7. The smallest absolute Gasteiger partial charge is 0.223 e. The molecule has 0 radical (unpaired) electrons. The van der Waals surface area contributed by atoms with Crippen molar-refractivity contribution in [2.45, 2.75) is 19.9 Å². The van der Waals surface area contributed by atoms with E-state index >= 15 is 0 Å². The minimum absolute atomic E-state index is 0.152. The van der Waals surface area contributed by atoms with Crippen LogP contribution in [0.25, 0.3) is 0 Å².